The molecular formula is C21H27NO5S. The number of sulfonamides is 1. The van der Waals surface area contributed by atoms with Crippen LogP contribution in [0.2, 0.25) is 0 Å². The third kappa shape index (κ3) is 4.84. The van der Waals surface area contributed by atoms with Gasteiger partial charge >= 0.3 is 0 Å². The molecule has 1 aliphatic heterocycles. The molecule has 0 amide bonds. The number of hydrogen-bond donors (Lipinski definition) is 1. The third-order valence-electron chi connectivity index (χ3n) is 4.75. The minimum atomic E-state index is -3.51. The Balaban J connectivity index is 1.93. The van der Waals surface area contributed by atoms with Gasteiger partial charge in [-0.1, -0.05) is 30.3 Å². The molecule has 1 atom stereocenters. The van der Waals surface area contributed by atoms with Gasteiger partial charge < -0.3 is 14.6 Å². The second kappa shape index (κ2) is 8.11. The third-order valence-corrected chi connectivity index (χ3v) is 6.04. The molecule has 28 heavy (non-hydrogen) atoms. The Bertz CT molecular complexity index is 912. The van der Waals surface area contributed by atoms with Crippen LogP contribution in [-0.4, -0.2) is 42.8 Å². The maximum absolute atomic E-state index is 12.4. The molecule has 0 saturated heterocycles. The number of rotatable bonds is 7. The van der Waals surface area contributed by atoms with Crippen LogP contribution in [0.15, 0.2) is 48.5 Å². The van der Waals surface area contributed by atoms with Gasteiger partial charge in [-0.15, -0.1) is 0 Å². The highest BCUT2D eigenvalue weighted by Gasteiger charge is 2.40. The Morgan fingerprint density at radius 2 is 1.93 bits per heavy atom. The highest BCUT2D eigenvalue weighted by Crippen LogP contribution is 2.44. The Morgan fingerprint density at radius 1 is 1.21 bits per heavy atom. The standard InChI is InChI=1S/C21H27NO5S/c1-21(2)14-19(22(11-12-23)28(3,24)25)18-13-17(9-10-20(18)27-21)26-15-16-7-5-4-6-8-16/h4-10,13,19,23H,11-12,14-15H2,1-3H3. The van der Waals surface area contributed by atoms with Crippen molar-refractivity contribution in [2.45, 2.75) is 38.5 Å². The van der Waals surface area contributed by atoms with E-state index in [1.807, 2.05) is 62.4 Å². The first kappa shape index (κ1) is 20.6. The van der Waals surface area contributed by atoms with Crippen LogP contribution in [-0.2, 0) is 16.6 Å². The first-order valence-electron chi connectivity index (χ1n) is 9.27. The van der Waals surface area contributed by atoms with Crippen LogP contribution in [0.25, 0.3) is 0 Å². The van der Waals surface area contributed by atoms with Crippen molar-refractivity contribution in [3.8, 4) is 11.5 Å². The van der Waals surface area contributed by atoms with Gasteiger partial charge in [-0.3, -0.25) is 0 Å². The van der Waals surface area contributed by atoms with Crippen LogP contribution in [0.4, 0.5) is 0 Å². The first-order valence-corrected chi connectivity index (χ1v) is 11.1. The summed E-state index contributed by atoms with van der Waals surface area (Å²) in [4.78, 5) is 0. The van der Waals surface area contributed by atoms with Gasteiger partial charge in [0.25, 0.3) is 0 Å². The van der Waals surface area contributed by atoms with E-state index in [9.17, 15) is 13.5 Å². The lowest BCUT2D eigenvalue weighted by atomic mass is 9.89. The number of aliphatic hydroxyl groups is 1. The van der Waals surface area contributed by atoms with Crippen LogP contribution in [0.3, 0.4) is 0 Å². The second-order valence-electron chi connectivity index (χ2n) is 7.65. The predicted molar refractivity (Wildman–Crippen MR) is 108 cm³/mol. The zero-order valence-corrected chi connectivity index (χ0v) is 17.3. The number of fused-ring (bicyclic) bond motifs is 1. The summed E-state index contributed by atoms with van der Waals surface area (Å²) in [5.41, 5.74) is 1.28. The van der Waals surface area contributed by atoms with E-state index in [0.717, 1.165) is 11.1 Å². The van der Waals surface area contributed by atoms with E-state index < -0.39 is 21.7 Å². The van der Waals surface area contributed by atoms with E-state index in [1.54, 1.807) is 0 Å². The molecule has 0 fully saturated rings. The molecule has 0 aromatic heterocycles. The Morgan fingerprint density at radius 3 is 2.57 bits per heavy atom. The summed E-state index contributed by atoms with van der Waals surface area (Å²) < 4.78 is 38.1. The summed E-state index contributed by atoms with van der Waals surface area (Å²) in [5.74, 6) is 1.29. The van der Waals surface area contributed by atoms with Gasteiger partial charge in [-0.25, -0.2) is 8.42 Å². The molecule has 2 aromatic carbocycles. The van der Waals surface area contributed by atoms with Gasteiger partial charge in [0.2, 0.25) is 10.0 Å². The van der Waals surface area contributed by atoms with Crippen molar-refractivity contribution in [3.63, 3.8) is 0 Å². The van der Waals surface area contributed by atoms with E-state index in [1.165, 1.54) is 10.6 Å². The number of nitrogens with zero attached hydrogens (tertiary/aromatic N) is 1. The van der Waals surface area contributed by atoms with Gasteiger partial charge in [0.1, 0.15) is 23.7 Å². The molecule has 3 rings (SSSR count). The second-order valence-corrected chi connectivity index (χ2v) is 9.59. The van der Waals surface area contributed by atoms with Gasteiger partial charge in [0.05, 0.1) is 18.9 Å². The molecule has 0 spiro atoms. The number of benzene rings is 2. The van der Waals surface area contributed by atoms with E-state index in [2.05, 4.69) is 0 Å². The Kier molecular flexibility index (Phi) is 5.98. The highest BCUT2D eigenvalue weighted by atomic mass is 32.2. The molecule has 0 saturated carbocycles. The lowest BCUT2D eigenvalue weighted by Gasteiger charge is -2.41. The van der Waals surface area contributed by atoms with E-state index in [-0.39, 0.29) is 13.2 Å². The zero-order valence-electron chi connectivity index (χ0n) is 16.5. The van der Waals surface area contributed by atoms with Gasteiger partial charge in [0, 0.05) is 18.5 Å². The first-order chi connectivity index (χ1) is 13.2. The van der Waals surface area contributed by atoms with Crippen LogP contribution >= 0.6 is 0 Å². The molecule has 1 aliphatic rings. The minimum absolute atomic E-state index is 0.0358. The molecule has 2 aromatic rings. The summed E-state index contributed by atoms with van der Waals surface area (Å²) in [6.07, 6.45) is 1.65. The van der Waals surface area contributed by atoms with Crippen molar-refractivity contribution < 1.29 is 23.0 Å². The number of ether oxygens (including phenoxy) is 2. The largest absolute Gasteiger partial charge is 0.489 e. The van der Waals surface area contributed by atoms with Crippen molar-refractivity contribution in [2.75, 3.05) is 19.4 Å². The molecule has 7 heteroatoms. The minimum Gasteiger partial charge on any atom is -0.489 e. The van der Waals surface area contributed by atoms with Gasteiger partial charge in [-0.2, -0.15) is 4.31 Å². The predicted octanol–water partition coefficient (Wildman–Crippen LogP) is 3.12. The van der Waals surface area contributed by atoms with Crippen molar-refractivity contribution in [1.29, 1.82) is 0 Å². The molecule has 1 N–H and O–H groups in total. The summed E-state index contributed by atoms with van der Waals surface area (Å²) in [6.45, 7) is 4.08. The Hall–Kier alpha value is -2.09. The monoisotopic (exact) mass is 405 g/mol. The van der Waals surface area contributed by atoms with E-state index in [0.29, 0.717) is 24.5 Å². The lowest BCUT2D eigenvalue weighted by molar-refractivity contribution is 0.0474. The lowest BCUT2D eigenvalue weighted by Crippen LogP contribution is -2.44. The van der Waals surface area contributed by atoms with E-state index in [4.69, 9.17) is 9.47 Å². The highest BCUT2D eigenvalue weighted by molar-refractivity contribution is 7.88. The van der Waals surface area contributed by atoms with Crippen molar-refractivity contribution in [3.05, 3.63) is 59.7 Å². The van der Waals surface area contributed by atoms with Gasteiger partial charge in [0.15, 0.2) is 0 Å². The summed E-state index contributed by atoms with van der Waals surface area (Å²) in [7, 11) is -3.51. The SMILES string of the molecule is CC1(C)CC(N(CCO)S(C)(=O)=O)c2cc(OCc3ccccc3)ccc2O1. The topological polar surface area (TPSA) is 76.1 Å². The molecule has 1 unspecified atom stereocenters. The summed E-state index contributed by atoms with van der Waals surface area (Å²) >= 11 is 0. The average molecular weight is 406 g/mol. The molecule has 0 radical (unpaired) electrons. The van der Waals surface area contributed by atoms with Crippen LogP contribution in [0.5, 0.6) is 11.5 Å². The van der Waals surface area contributed by atoms with Crippen LogP contribution in [0, 0.1) is 0 Å². The average Bonchev–Trinajstić information content (AvgIpc) is 2.63. The number of aliphatic hydroxyl groups excluding tert-OH is 1. The van der Waals surface area contributed by atoms with Crippen molar-refractivity contribution >= 4 is 10.0 Å². The Labute approximate surface area is 166 Å². The smallest absolute Gasteiger partial charge is 0.211 e. The van der Waals surface area contributed by atoms with E-state index >= 15 is 0 Å². The molecule has 152 valence electrons. The van der Waals surface area contributed by atoms with Crippen molar-refractivity contribution in [2.24, 2.45) is 0 Å². The zero-order chi connectivity index (χ0) is 20.4. The molecule has 6 nitrogen and oxygen atoms in total. The maximum atomic E-state index is 12.4. The fourth-order valence-electron chi connectivity index (χ4n) is 3.53. The van der Waals surface area contributed by atoms with Crippen molar-refractivity contribution in [1.82, 2.24) is 4.31 Å². The van der Waals surface area contributed by atoms with Crippen LogP contribution in [0.1, 0.15) is 37.4 Å². The molecule has 0 aliphatic carbocycles. The normalized spacial score (nSPS) is 18.4. The summed E-state index contributed by atoms with van der Waals surface area (Å²) in [5, 5.41) is 9.41. The fourth-order valence-corrected chi connectivity index (χ4v) is 4.60. The summed E-state index contributed by atoms with van der Waals surface area (Å²) in [6, 6.07) is 14.9. The quantitative estimate of drug-likeness (QED) is 0.766. The number of hydrogen-bond acceptors (Lipinski definition) is 5. The molecule has 0 bridgehead atoms. The van der Waals surface area contributed by atoms with Crippen LogP contribution < -0.4 is 9.47 Å². The molecule has 1 heterocycles. The molecular weight excluding hydrogens is 378 g/mol. The van der Waals surface area contributed by atoms with Gasteiger partial charge in [-0.05, 0) is 37.6 Å². The maximum Gasteiger partial charge on any atom is 0.211 e. The fraction of sp³-hybridized carbons (Fsp3) is 0.429.